The van der Waals surface area contributed by atoms with E-state index in [-0.39, 0.29) is 5.91 Å². The number of carbonyl (C=O) groups is 1. The molecule has 114 valence electrons. The number of rotatable bonds is 5. The van der Waals surface area contributed by atoms with E-state index < -0.39 is 0 Å². The molecule has 0 saturated heterocycles. The highest BCUT2D eigenvalue weighted by molar-refractivity contribution is 5.91. The fraction of sp³-hybridized carbons (Fsp3) is 0.235. The molecule has 1 heterocycles. The molecule has 22 heavy (non-hydrogen) atoms. The van der Waals surface area contributed by atoms with E-state index in [1.165, 1.54) is 0 Å². The van der Waals surface area contributed by atoms with Gasteiger partial charge in [-0.1, -0.05) is 18.2 Å². The third kappa shape index (κ3) is 3.69. The Balaban J connectivity index is 1.49. The van der Waals surface area contributed by atoms with E-state index in [2.05, 4.69) is 10.6 Å². The number of hydrogen-bond acceptors (Lipinski definition) is 4. The van der Waals surface area contributed by atoms with Crippen LogP contribution in [-0.4, -0.2) is 25.7 Å². The maximum absolute atomic E-state index is 11.9. The minimum absolute atomic E-state index is 0.0416. The zero-order valence-corrected chi connectivity index (χ0v) is 12.2. The van der Waals surface area contributed by atoms with Crippen LogP contribution in [0.1, 0.15) is 6.42 Å². The van der Waals surface area contributed by atoms with Crippen LogP contribution in [0.3, 0.4) is 0 Å². The number of benzene rings is 2. The van der Waals surface area contributed by atoms with Crippen LogP contribution >= 0.6 is 0 Å². The molecule has 5 nitrogen and oxygen atoms in total. The largest absolute Gasteiger partial charge is 0.486 e. The van der Waals surface area contributed by atoms with Crippen LogP contribution in [0.5, 0.6) is 11.5 Å². The molecule has 0 unspecified atom stereocenters. The molecule has 2 aromatic rings. The third-order valence-electron chi connectivity index (χ3n) is 3.28. The lowest BCUT2D eigenvalue weighted by molar-refractivity contribution is -0.115. The number of carbonyl (C=O) groups excluding carboxylic acids is 1. The van der Waals surface area contributed by atoms with Gasteiger partial charge < -0.3 is 20.1 Å². The van der Waals surface area contributed by atoms with Crippen LogP contribution in [0.4, 0.5) is 11.4 Å². The molecule has 0 bridgehead atoms. The Morgan fingerprint density at radius 3 is 2.55 bits per heavy atom. The van der Waals surface area contributed by atoms with E-state index in [9.17, 15) is 4.79 Å². The van der Waals surface area contributed by atoms with Gasteiger partial charge in [-0.3, -0.25) is 4.79 Å². The van der Waals surface area contributed by atoms with Gasteiger partial charge in [-0.25, -0.2) is 0 Å². The van der Waals surface area contributed by atoms with Crippen molar-refractivity contribution in [3.63, 3.8) is 0 Å². The number of hydrogen-bond donors (Lipinski definition) is 2. The van der Waals surface area contributed by atoms with Crippen molar-refractivity contribution in [2.24, 2.45) is 0 Å². The van der Waals surface area contributed by atoms with Crippen molar-refractivity contribution in [1.82, 2.24) is 0 Å². The summed E-state index contributed by atoms with van der Waals surface area (Å²) in [7, 11) is 0. The van der Waals surface area contributed by atoms with E-state index in [0.29, 0.717) is 37.6 Å². The Bertz CT molecular complexity index is 644. The molecule has 0 fully saturated rings. The van der Waals surface area contributed by atoms with Gasteiger partial charge in [0.25, 0.3) is 0 Å². The minimum atomic E-state index is -0.0416. The van der Waals surface area contributed by atoms with Crippen molar-refractivity contribution in [3.05, 3.63) is 48.5 Å². The summed E-state index contributed by atoms with van der Waals surface area (Å²) in [6, 6.07) is 15.2. The lowest BCUT2D eigenvalue weighted by Crippen LogP contribution is -2.18. The molecule has 0 atom stereocenters. The van der Waals surface area contributed by atoms with Crippen LogP contribution in [0.15, 0.2) is 48.5 Å². The molecular weight excluding hydrogens is 280 g/mol. The summed E-state index contributed by atoms with van der Waals surface area (Å²) in [6.07, 6.45) is 0.392. The predicted octanol–water partition coefficient (Wildman–Crippen LogP) is 2.90. The SMILES string of the molecule is O=C(CCNc1ccccc1)Nc1ccc2c(c1)OCCO2. The van der Waals surface area contributed by atoms with Gasteiger partial charge in [-0.05, 0) is 24.3 Å². The van der Waals surface area contributed by atoms with Gasteiger partial charge >= 0.3 is 0 Å². The summed E-state index contributed by atoms with van der Waals surface area (Å²) >= 11 is 0. The molecule has 2 aromatic carbocycles. The molecule has 5 heteroatoms. The highest BCUT2D eigenvalue weighted by Gasteiger charge is 2.12. The van der Waals surface area contributed by atoms with Gasteiger partial charge in [0.1, 0.15) is 13.2 Å². The normalized spacial score (nSPS) is 12.5. The van der Waals surface area contributed by atoms with E-state index >= 15 is 0 Å². The Morgan fingerprint density at radius 2 is 1.73 bits per heavy atom. The molecule has 0 aromatic heterocycles. The first-order valence-electron chi connectivity index (χ1n) is 7.30. The van der Waals surface area contributed by atoms with Crippen LogP contribution in [-0.2, 0) is 4.79 Å². The summed E-state index contributed by atoms with van der Waals surface area (Å²) < 4.78 is 10.9. The molecule has 1 aliphatic heterocycles. The van der Waals surface area contributed by atoms with E-state index in [1.807, 2.05) is 42.5 Å². The lowest BCUT2D eigenvalue weighted by atomic mass is 10.2. The standard InChI is InChI=1S/C17H18N2O3/c20-17(8-9-18-13-4-2-1-3-5-13)19-14-6-7-15-16(12-14)22-11-10-21-15/h1-7,12,18H,8-11H2,(H,19,20). The zero-order valence-electron chi connectivity index (χ0n) is 12.2. The Labute approximate surface area is 129 Å². The summed E-state index contributed by atoms with van der Waals surface area (Å²) in [6.45, 7) is 1.68. The van der Waals surface area contributed by atoms with Crippen molar-refractivity contribution >= 4 is 17.3 Å². The van der Waals surface area contributed by atoms with Crippen molar-refractivity contribution in [2.45, 2.75) is 6.42 Å². The van der Waals surface area contributed by atoms with E-state index in [0.717, 1.165) is 11.4 Å². The lowest BCUT2D eigenvalue weighted by Gasteiger charge is -2.19. The highest BCUT2D eigenvalue weighted by Crippen LogP contribution is 2.32. The Morgan fingerprint density at radius 1 is 0.955 bits per heavy atom. The smallest absolute Gasteiger partial charge is 0.226 e. The van der Waals surface area contributed by atoms with E-state index in [4.69, 9.17) is 9.47 Å². The monoisotopic (exact) mass is 298 g/mol. The number of amides is 1. The maximum atomic E-state index is 11.9. The Kier molecular flexibility index (Phi) is 4.44. The number of anilines is 2. The molecule has 0 saturated carbocycles. The van der Waals surface area contributed by atoms with Crippen LogP contribution in [0, 0.1) is 0 Å². The topological polar surface area (TPSA) is 59.6 Å². The predicted molar refractivity (Wildman–Crippen MR) is 85.6 cm³/mol. The Hall–Kier alpha value is -2.69. The molecule has 0 radical (unpaired) electrons. The van der Waals surface area contributed by atoms with Crippen molar-refractivity contribution in [3.8, 4) is 11.5 Å². The average Bonchev–Trinajstić information content (AvgIpc) is 2.56. The molecule has 0 aliphatic carbocycles. The minimum Gasteiger partial charge on any atom is -0.486 e. The molecule has 0 spiro atoms. The van der Waals surface area contributed by atoms with Gasteiger partial charge in [0.2, 0.25) is 5.91 Å². The van der Waals surface area contributed by atoms with Gasteiger partial charge in [0.15, 0.2) is 11.5 Å². The highest BCUT2D eigenvalue weighted by atomic mass is 16.6. The van der Waals surface area contributed by atoms with Crippen molar-refractivity contribution in [1.29, 1.82) is 0 Å². The first-order chi connectivity index (χ1) is 10.8. The van der Waals surface area contributed by atoms with Gasteiger partial charge in [0, 0.05) is 30.4 Å². The second-order valence-electron chi connectivity index (χ2n) is 4.95. The molecule has 1 amide bonds. The average molecular weight is 298 g/mol. The quantitative estimate of drug-likeness (QED) is 0.891. The summed E-state index contributed by atoms with van der Waals surface area (Å²) in [4.78, 5) is 11.9. The molecule has 2 N–H and O–H groups in total. The van der Waals surface area contributed by atoms with Crippen LogP contribution < -0.4 is 20.1 Å². The van der Waals surface area contributed by atoms with Crippen molar-refractivity contribution in [2.75, 3.05) is 30.4 Å². The third-order valence-corrected chi connectivity index (χ3v) is 3.28. The van der Waals surface area contributed by atoms with Gasteiger partial charge in [0.05, 0.1) is 0 Å². The fourth-order valence-electron chi connectivity index (χ4n) is 2.22. The summed E-state index contributed by atoms with van der Waals surface area (Å²) in [5, 5.41) is 6.07. The molecule has 1 aliphatic rings. The first-order valence-corrected chi connectivity index (χ1v) is 7.30. The van der Waals surface area contributed by atoms with Crippen LogP contribution in [0.25, 0.3) is 0 Å². The number of para-hydroxylation sites is 1. The second-order valence-corrected chi connectivity index (χ2v) is 4.95. The fourth-order valence-corrected chi connectivity index (χ4v) is 2.22. The number of nitrogens with one attached hydrogen (secondary N) is 2. The second kappa shape index (κ2) is 6.85. The van der Waals surface area contributed by atoms with E-state index in [1.54, 1.807) is 6.07 Å². The summed E-state index contributed by atoms with van der Waals surface area (Å²) in [5.74, 6) is 1.35. The van der Waals surface area contributed by atoms with Crippen LogP contribution in [0.2, 0.25) is 0 Å². The molecular formula is C17H18N2O3. The van der Waals surface area contributed by atoms with Crippen molar-refractivity contribution < 1.29 is 14.3 Å². The zero-order chi connectivity index (χ0) is 15.2. The summed E-state index contributed by atoms with van der Waals surface area (Å²) in [5.41, 5.74) is 1.73. The number of fused-ring (bicyclic) bond motifs is 1. The van der Waals surface area contributed by atoms with Gasteiger partial charge in [-0.15, -0.1) is 0 Å². The number of ether oxygens (including phenoxy) is 2. The maximum Gasteiger partial charge on any atom is 0.226 e. The first kappa shape index (κ1) is 14.3. The van der Waals surface area contributed by atoms with Gasteiger partial charge in [-0.2, -0.15) is 0 Å². The molecule has 3 rings (SSSR count).